The SMILES string of the molecule is CNC(=O)c1ccc2cc([C@@](O)(CCO)c3c[nH]cn3)ccc2c1. The third kappa shape index (κ3) is 2.77. The van der Waals surface area contributed by atoms with E-state index in [0.29, 0.717) is 16.8 Å². The average Bonchev–Trinajstić information content (AvgIpc) is 3.15. The molecule has 24 heavy (non-hydrogen) atoms. The molecule has 4 N–H and O–H groups in total. The van der Waals surface area contributed by atoms with Gasteiger partial charge in [-0.3, -0.25) is 4.79 Å². The predicted octanol–water partition coefficient (Wildman–Crippen LogP) is 1.54. The molecule has 2 aromatic carbocycles. The van der Waals surface area contributed by atoms with Crippen LogP contribution in [0.1, 0.15) is 28.0 Å². The minimum atomic E-state index is -1.37. The van der Waals surface area contributed by atoms with E-state index in [1.165, 1.54) is 6.33 Å². The van der Waals surface area contributed by atoms with E-state index >= 15 is 0 Å². The highest BCUT2D eigenvalue weighted by Crippen LogP contribution is 2.33. The van der Waals surface area contributed by atoms with Crippen molar-refractivity contribution in [3.63, 3.8) is 0 Å². The van der Waals surface area contributed by atoms with Crippen LogP contribution in [0.4, 0.5) is 0 Å². The summed E-state index contributed by atoms with van der Waals surface area (Å²) in [6, 6.07) is 10.9. The number of fused-ring (bicyclic) bond motifs is 1. The molecule has 1 heterocycles. The van der Waals surface area contributed by atoms with Crippen molar-refractivity contribution in [3.8, 4) is 0 Å². The van der Waals surface area contributed by atoms with Gasteiger partial charge in [0, 0.05) is 31.8 Å². The van der Waals surface area contributed by atoms with Crippen LogP contribution in [0.15, 0.2) is 48.9 Å². The summed E-state index contributed by atoms with van der Waals surface area (Å²) in [4.78, 5) is 18.7. The van der Waals surface area contributed by atoms with Crippen LogP contribution in [0.5, 0.6) is 0 Å². The first-order valence-corrected chi connectivity index (χ1v) is 7.67. The smallest absolute Gasteiger partial charge is 0.251 e. The molecule has 0 saturated carbocycles. The lowest BCUT2D eigenvalue weighted by Gasteiger charge is -2.26. The summed E-state index contributed by atoms with van der Waals surface area (Å²) in [6.45, 7) is -0.170. The second-order valence-corrected chi connectivity index (χ2v) is 5.64. The van der Waals surface area contributed by atoms with Gasteiger partial charge >= 0.3 is 0 Å². The largest absolute Gasteiger partial charge is 0.396 e. The quantitative estimate of drug-likeness (QED) is 0.572. The molecule has 6 heteroatoms. The second kappa shape index (κ2) is 6.43. The number of rotatable bonds is 5. The normalized spacial score (nSPS) is 13.6. The van der Waals surface area contributed by atoms with Crippen LogP contribution >= 0.6 is 0 Å². The number of hydrogen-bond donors (Lipinski definition) is 4. The number of benzene rings is 2. The van der Waals surface area contributed by atoms with Crippen LogP contribution in [0.25, 0.3) is 10.8 Å². The summed E-state index contributed by atoms with van der Waals surface area (Å²) in [6.07, 6.45) is 3.25. The molecule has 1 amide bonds. The van der Waals surface area contributed by atoms with Gasteiger partial charge in [0.15, 0.2) is 0 Å². The molecule has 0 aliphatic heterocycles. The predicted molar refractivity (Wildman–Crippen MR) is 90.6 cm³/mol. The fraction of sp³-hybridized carbons (Fsp3) is 0.222. The Bertz CT molecular complexity index is 861. The van der Waals surface area contributed by atoms with Crippen LogP contribution in [0.3, 0.4) is 0 Å². The zero-order valence-corrected chi connectivity index (χ0v) is 13.3. The van der Waals surface area contributed by atoms with Crippen molar-refractivity contribution in [1.29, 1.82) is 0 Å². The molecule has 0 radical (unpaired) electrons. The number of nitrogens with one attached hydrogen (secondary N) is 2. The summed E-state index contributed by atoms with van der Waals surface area (Å²) < 4.78 is 0. The van der Waals surface area contributed by atoms with Gasteiger partial charge in [-0.05, 0) is 34.5 Å². The zero-order chi connectivity index (χ0) is 17.2. The third-order valence-corrected chi connectivity index (χ3v) is 4.20. The highest BCUT2D eigenvalue weighted by atomic mass is 16.3. The minimum Gasteiger partial charge on any atom is -0.396 e. The average molecular weight is 325 g/mol. The Morgan fingerprint density at radius 1 is 1.25 bits per heavy atom. The molecule has 0 bridgehead atoms. The number of imidazole rings is 1. The van der Waals surface area contributed by atoms with E-state index in [0.717, 1.165) is 10.8 Å². The van der Waals surface area contributed by atoms with Crippen molar-refractivity contribution >= 4 is 16.7 Å². The van der Waals surface area contributed by atoms with Crippen molar-refractivity contribution < 1.29 is 15.0 Å². The molecule has 0 aliphatic carbocycles. The molecule has 0 saturated heterocycles. The number of carbonyl (C=O) groups is 1. The monoisotopic (exact) mass is 325 g/mol. The van der Waals surface area contributed by atoms with E-state index < -0.39 is 5.60 Å². The molecule has 1 atom stereocenters. The lowest BCUT2D eigenvalue weighted by Crippen LogP contribution is -2.29. The highest BCUT2D eigenvalue weighted by molar-refractivity contribution is 5.98. The van der Waals surface area contributed by atoms with Crippen LogP contribution in [0.2, 0.25) is 0 Å². The molecule has 0 unspecified atom stereocenters. The van der Waals surface area contributed by atoms with Crippen molar-refractivity contribution in [2.75, 3.05) is 13.7 Å². The zero-order valence-electron chi connectivity index (χ0n) is 13.3. The summed E-state index contributed by atoms with van der Waals surface area (Å²) in [5, 5.41) is 24.8. The molecule has 1 aromatic heterocycles. The van der Waals surface area contributed by atoms with Gasteiger partial charge in [0.25, 0.3) is 5.91 Å². The maximum Gasteiger partial charge on any atom is 0.251 e. The molecule has 0 fully saturated rings. The fourth-order valence-electron chi connectivity index (χ4n) is 2.86. The number of aliphatic hydroxyl groups is 2. The van der Waals surface area contributed by atoms with Crippen molar-refractivity contribution in [3.05, 3.63) is 65.7 Å². The van der Waals surface area contributed by atoms with E-state index in [9.17, 15) is 15.0 Å². The van der Waals surface area contributed by atoms with E-state index in [1.807, 2.05) is 18.2 Å². The van der Waals surface area contributed by atoms with Gasteiger partial charge in [-0.1, -0.05) is 18.2 Å². The van der Waals surface area contributed by atoms with E-state index in [-0.39, 0.29) is 18.9 Å². The maximum atomic E-state index is 11.7. The van der Waals surface area contributed by atoms with Gasteiger partial charge in [-0.25, -0.2) is 4.98 Å². The maximum absolute atomic E-state index is 11.7. The molecule has 0 spiro atoms. The van der Waals surface area contributed by atoms with Gasteiger partial charge < -0.3 is 20.5 Å². The Balaban J connectivity index is 2.07. The second-order valence-electron chi connectivity index (χ2n) is 5.64. The molecular weight excluding hydrogens is 306 g/mol. The summed E-state index contributed by atoms with van der Waals surface area (Å²) in [5.74, 6) is -0.144. The fourth-order valence-corrected chi connectivity index (χ4v) is 2.86. The van der Waals surface area contributed by atoms with Crippen molar-refractivity contribution in [1.82, 2.24) is 15.3 Å². The lowest BCUT2D eigenvalue weighted by molar-refractivity contribution is 0.0474. The first-order chi connectivity index (χ1) is 11.6. The van der Waals surface area contributed by atoms with Crippen LogP contribution in [0, 0.1) is 0 Å². The molecule has 124 valence electrons. The Kier molecular flexibility index (Phi) is 4.33. The molecule has 6 nitrogen and oxygen atoms in total. The lowest BCUT2D eigenvalue weighted by atomic mass is 9.86. The first kappa shape index (κ1) is 16.2. The number of nitrogens with zero attached hydrogens (tertiary/aromatic N) is 1. The van der Waals surface area contributed by atoms with Gasteiger partial charge in [-0.15, -0.1) is 0 Å². The highest BCUT2D eigenvalue weighted by Gasteiger charge is 2.33. The molecule has 3 aromatic rings. The first-order valence-electron chi connectivity index (χ1n) is 7.67. The Morgan fingerprint density at radius 3 is 2.67 bits per heavy atom. The molecule has 0 aliphatic rings. The number of aromatic nitrogens is 2. The van der Waals surface area contributed by atoms with Gasteiger partial charge in [0.2, 0.25) is 0 Å². The topological polar surface area (TPSA) is 98.2 Å². The van der Waals surface area contributed by atoms with E-state index in [2.05, 4.69) is 15.3 Å². The van der Waals surface area contributed by atoms with E-state index in [4.69, 9.17) is 0 Å². The summed E-state index contributed by atoms with van der Waals surface area (Å²) in [7, 11) is 1.59. The summed E-state index contributed by atoms with van der Waals surface area (Å²) in [5.41, 5.74) is 0.306. The number of aromatic amines is 1. The van der Waals surface area contributed by atoms with E-state index in [1.54, 1.807) is 31.4 Å². The van der Waals surface area contributed by atoms with Crippen molar-refractivity contribution in [2.24, 2.45) is 0 Å². The Morgan fingerprint density at radius 2 is 2.00 bits per heavy atom. The van der Waals surface area contributed by atoms with Gasteiger partial charge in [0.05, 0.1) is 12.0 Å². The number of amides is 1. The van der Waals surface area contributed by atoms with Crippen LogP contribution < -0.4 is 5.32 Å². The minimum absolute atomic E-state index is 0.139. The Labute approximate surface area is 139 Å². The summed E-state index contributed by atoms with van der Waals surface area (Å²) >= 11 is 0. The number of H-pyrrole nitrogens is 1. The van der Waals surface area contributed by atoms with Gasteiger partial charge in [0.1, 0.15) is 5.60 Å². The van der Waals surface area contributed by atoms with Crippen molar-refractivity contribution in [2.45, 2.75) is 12.0 Å². The number of aliphatic hydroxyl groups excluding tert-OH is 1. The van der Waals surface area contributed by atoms with Crippen LogP contribution in [-0.4, -0.2) is 39.7 Å². The molecule has 3 rings (SSSR count). The standard InChI is InChI=1S/C18H19N3O3/c1-19-17(23)14-3-2-13-9-15(5-4-12(13)8-14)18(24,6-7-22)16-10-20-11-21-16/h2-5,8-11,22,24H,6-7H2,1H3,(H,19,23)(H,20,21)/t18-/m0/s1. The Hall–Kier alpha value is -2.70. The van der Waals surface area contributed by atoms with Crippen LogP contribution in [-0.2, 0) is 5.60 Å². The molecular formula is C18H19N3O3. The van der Waals surface area contributed by atoms with Gasteiger partial charge in [-0.2, -0.15) is 0 Å². The third-order valence-electron chi connectivity index (χ3n) is 4.20. The number of hydrogen-bond acceptors (Lipinski definition) is 4. The number of carbonyl (C=O) groups excluding carboxylic acids is 1.